The second-order valence-corrected chi connectivity index (χ2v) is 9.74. The van der Waals surface area contributed by atoms with Crippen LogP contribution in [0.3, 0.4) is 0 Å². The van der Waals surface area contributed by atoms with Gasteiger partial charge >= 0.3 is 6.03 Å². The Morgan fingerprint density at radius 1 is 0.886 bits per heavy atom. The number of benzene rings is 3. The van der Waals surface area contributed by atoms with Gasteiger partial charge in [0.2, 0.25) is 0 Å². The predicted molar refractivity (Wildman–Crippen MR) is 141 cm³/mol. The average Bonchev–Trinajstić information content (AvgIpc) is 2.85. The van der Waals surface area contributed by atoms with Gasteiger partial charge in [0.05, 0.1) is 28.0 Å². The number of piperazine rings is 1. The summed E-state index contributed by atoms with van der Waals surface area (Å²) in [5.74, 6) is -0.0285. The van der Waals surface area contributed by atoms with Gasteiger partial charge in [0.25, 0.3) is 0 Å². The molecule has 0 unspecified atom stereocenters. The molecule has 2 aliphatic rings. The third-order valence-electron chi connectivity index (χ3n) is 6.31. The molecule has 2 amide bonds. The molecule has 0 aliphatic carbocycles. The second-order valence-electron chi connectivity index (χ2n) is 8.52. The largest absolute Gasteiger partial charge is 0.333 e. The maximum absolute atomic E-state index is 13.5. The van der Waals surface area contributed by atoms with Crippen LogP contribution in [0.15, 0.2) is 54.6 Å². The van der Waals surface area contributed by atoms with Crippen molar-refractivity contribution >= 4 is 58.0 Å². The minimum absolute atomic E-state index is 0.0285. The molecule has 5 rings (SSSR count). The van der Waals surface area contributed by atoms with Crippen molar-refractivity contribution in [1.82, 2.24) is 15.5 Å². The van der Waals surface area contributed by atoms with Crippen molar-refractivity contribution in [2.24, 2.45) is 0 Å². The average molecular weight is 530 g/mol. The van der Waals surface area contributed by atoms with Crippen molar-refractivity contribution in [2.75, 3.05) is 37.6 Å². The molecule has 3 aromatic carbocycles. The highest BCUT2D eigenvalue weighted by Crippen LogP contribution is 2.44. The van der Waals surface area contributed by atoms with Gasteiger partial charge in [-0.1, -0.05) is 59.1 Å². The van der Waals surface area contributed by atoms with Crippen LogP contribution in [0.25, 0.3) is 11.1 Å². The monoisotopic (exact) mass is 528 g/mol. The molecule has 180 valence electrons. The van der Waals surface area contributed by atoms with Gasteiger partial charge in [-0.15, -0.1) is 0 Å². The zero-order valence-electron chi connectivity index (χ0n) is 18.8. The third-order valence-corrected chi connectivity index (χ3v) is 7.25. The van der Waals surface area contributed by atoms with E-state index in [4.69, 9.17) is 34.8 Å². The number of hydrogen-bond donors (Lipinski definition) is 2. The summed E-state index contributed by atoms with van der Waals surface area (Å²) in [4.78, 5) is 30.2. The number of rotatable bonds is 5. The summed E-state index contributed by atoms with van der Waals surface area (Å²) in [6, 6.07) is 15.8. The first-order valence-corrected chi connectivity index (χ1v) is 12.5. The number of ketones is 1. The molecule has 35 heavy (non-hydrogen) atoms. The van der Waals surface area contributed by atoms with E-state index in [1.54, 1.807) is 24.3 Å². The van der Waals surface area contributed by atoms with Crippen molar-refractivity contribution in [3.63, 3.8) is 0 Å². The minimum Gasteiger partial charge on any atom is -0.333 e. The zero-order valence-corrected chi connectivity index (χ0v) is 21.1. The number of nitrogens with zero attached hydrogens (tertiary/aromatic N) is 2. The van der Waals surface area contributed by atoms with Gasteiger partial charge in [-0.25, -0.2) is 4.79 Å². The van der Waals surface area contributed by atoms with Gasteiger partial charge < -0.3 is 10.6 Å². The normalized spacial score (nSPS) is 16.1. The number of nitrogens with one attached hydrogen (secondary N) is 2. The molecule has 0 bridgehead atoms. The molecule has 2 aliphatic heterocycles. The Hall–Kier alpha value is -2.61. The molecule has 1 saturated heterocycles. The number of halogens is 3. The van der Waals surface area contributed by atoms with E-state index in [9.17, 15) is 9.59 Å². The summed E-state index contributed by atoms with van der Waals surface area (Å²) in [5.41, 5.74) is 3.82. The minimum atomic E-state index is -0.371. The maximum atomic E-state index is 13.5. The van der Waals surface area contributed by atoms with Crippen LogP contribution in [0.5, 0.6) is 0 Å². The van der Waals surface area contributed by atoms with E-state index in [2.05, 4.69) is 15.5 Å². The highest BCUT2D eigenvalue weighted by atomic mass is 35.5. The molecule has 6 nitrogen and oxygen atoms in total. The van der Waals surface area contributed by atoms with Crippen LogP contribution < -0.4 is 15.5 Å². The van der Waals surface area contributed by atoms with Crippen LogP contribution in [0.1, 0.15) is 15.9 Å². The Labute approximate surface area is 218 Å². The van der Waals surface area contributed by atoms with Crippen molar-refractivity contribution in [3.8, 4) is 11.1 Å². The maximum Gasteiger partial charge on any atom is 0.326 e. The molecule has 0 saturated carbocycles. The third kappa shape index (κ3) is 4.77. The van der Waals surface area contributed by atoms with E-state index in [1.165, 1.54) is 4.90 Å². The van der Waals surface area contributed by atoms with Crippen LogP contribution in [-0.4, -0.2) is 49.4 Å². The van der Waals surface area contributed by atoms with Crippen molar-refractivity contribution in [2.45, 2.75) is 6.54 Å². The topological polar surface area (TPSA) is 64.7 Å². The number of carbonyl (C=O) groups excluding carboxylic acids is 2. The first kappa shape index (κ1) is 24.1. The first-order valence-electron chi connectivity index (χ1n) is 11.3. The van der Waals surface area contributed by atoms with Crippen LogP contribution in [0.4, 0.5) is 16.2 Å². The Morgan fingerprint density at radius 2 is 1.57 bits per heavy atom. The number of fused-ring (bicyclic) bond motifs is 1. The van der Waals surface area contributed by atoms with Crippen molar-refractivity contribution < 1.29 is 9.59 Å². The van der Waals surface area contributed by atoms with Crippen LogP contribution in [-0.2, 0) is 6.54 Å². The quantitative estimate of drug-likeness (QED) is 0.412. The lowest BCUT2D eigenvalue weighted by molar-refractivity contribution is 0.0921. The fourth-order valence-corrected chi connectivity index (χ4v) is 5.37. The molecular formula is C26H23Cl3N4O2. The Kier molecular flexibility index (Phi) is 7.00. The van der Waals surface area contributed by atoms with Gasteiger partial charge in [-0.05, 0) is 35.9 Å². The Morgan fingerprint density at radius 3 is 2.29 bits per heavy atom. The summed E-state index contributed by atoms with van der Waals surface area (Å²) in [5, 5.41) is 7.43. The van der Waals surface area contributed by atoms with Gasteiger partial charge in [0, 0.05) is 54.4 Å². The van der Waals surface area contributed by atoms with E-state index < -0.39 is 0 Å². The summed E-state index contributed by atoms with van der Waals surface area (Å²) in [6.45, 7) is 3.87. The summed E-state index contributed by atoms with van der Waals surface area (Å²) >= 11 is 19.6. The second kappa shape index (κ2) is 10.2. The molecular weight excluding hydrogens is 507 g/mol. The Bertz CT molecular complexity index is 1290. The standard InChI is InChI=1S/C26H23Cl3N4O2/c27-20-5-2-1-4-17(20)18-12-16(24(34)15-32-10-8-30-9-11-32)13-23-19(18)14-31-26(35)33(23)25-21(28)6-3-7-22(25)29/h1-7,12-13,30H,8-11,14-15H2,(H,31,35). The summed E-state index contributed by atoms with van der Waals surface area (Å²) in [6.07, 6.45) is 0. The molecule has 0 aromatic heterocycles. The van der Waals surface area contributed by atoms with Crippen LogP contribution in [0.2, 0.25) is 15.1 Å². The number of Topliss-reactive ketones (excluding diaryl/α,β-unsaturated/α-hetero) is 1. The highest BCUT2D eigenvalue weighted by molar-refractivity contribution is 6.40. The SMILES string of the molecule is O=C(CN1CCNCC1)c1cc(-c2ccccc2Cl)c2c(c1)N(c1c(Cl)cccc1Cl)C(=O)NC2. The summed E-state index contributed by atoms with van der Waals surface area (Å²) < 4.78 is 0. The molecule has 2 N–H and O–H groups in total. The Balaban J connectivity index is 1.68. The van der Waals surface area contributed by atoms with E-state index in [0.717, 1.165) is 42.9 Å². The molecule has 3 aromatic rings. The number of hydrogen-bond acceptors (Lipinski definition) is 4. The van der Waals surface area contributed by atoms with E-state index in [1.807, 2.05) is 30.3 Å². The molecule has 2 heterocycles. The zero-order chi connectivity index (χ0) is 24.5. The number of para-hydroxylation sites is 1. The fraction of sp³-hybridized carbons (Fsp3) is 0.231. The molecule has 0 spiro atoms. The molecule has 9 heteroatoms. The van der Waals surface area contributed by atoms with E-state index >= 15 is 0 Å². The number of amides is 2. The highest BCUT2D eigenvalue weighted by Gasteiger charge is 2.32. The number of carbonyl (C=O) groups is 2. The summed E-state index contributed by atoms with van der Waals surface area (Å²) in [7, 11) is 0. The predicted octanol–water partition coefficient (Wildman–Crippen LogP) is 5.76. The molecule has 1 fully saturated rings. The van der Waals surface area contributed by atoms with Crippen molar-refractivity contribution in [3.05, 3.63) is 80.8 Å². The fourth-order valence-electron chi connectivity index (χ4n) is 4.56. The lowest BCUT2D eigenvalue weighted by Crippen LogP contribution is -2.45. The number of urea groups is 1. The first-order chi connectivity index (χ1) is 16.9. The van der Waals surface area contributed by atoms with E-state index in [0.29, 0.717) is 38.6 Å². The van der Waals surface area contributed by atoms with Crippen LogP contribution in [0, 0.1) is 0 Å². The smallest absolute Gasteiger partial charge is 0.326 e. The van der Waals surface area contributed by atoms with Gasteiger partial charge in [-0.2, -0.15) is 0 Å². The number of anilines is 2. The molecule has 0 radical (unpaired) electrons. The van der Waals surface area contributed by atoms with Gasteiger partial charge in [-0.3, -0.25) is 14.6 Å². The lowest BCUT2D eigenvalue weighted by atomic mass is 9.92. The van der Waals surface area contributed by atoms with Crippen molar-refractivity contribution in [1.29, 1.82) is 0 Å². The van der Waals surface area contributed by atoms with Crippen LogP contribution >= 0.6 is 34.8 Å². The molecule has 0 atom stereocenters. The van der Waals surface area contributed by atoms with Gasteiger partial charge in [0.15, 0.2) is 5.78 Å². The van der Waals surface area contributed by atoms with Gasteiger partial charge in [0.1, 0.15) is 0 Å². The lowest BCUT2D eigenvalue weighted by Gasteiger charge is -2.33. The van der Waals surface area contributed by atoms with E-state index in [-0.39, 0.29) is 18.4 Å².